The number of hydrazone groups is 1. The number of fused-ring (bicyclic) bond motifs is 1. The molecule has 1 atom stereocenters. The molecule has 0 amide bonds. The Bertz CT molecular complexity index is 915. The van der Waals surface area contributed by atoms with Gasteiger partial charge in [-0.2, -0.15) is 0 Å². The molecule has 0 spiro atoms. The first kappa shape index (κ1) is 18.6. The van der Waals surface area contributed by atoms with Crippen LogP contribution in [0.2, 0.25) is 0 Å². The molecule has 142 valence electrons. The number of carbonyl (C=O) groups is 2. The smallest absolute Gasteiger partial charge is 0.326 e. The number of rotatable bonds is 6. The van der Waals surface area contributed by atoms with Crippen molar-refractivity contribution in [2.75, 3.05) is 27.3 Å². The topological polar surface area (TPSA) is 117 Å². The standard InChI is InChI=1S/C18H20N4O5/c1-22(2)21-17-14(18(25)26-8-4-7-23)15(24)13(27-17)9-11-10-20-16-12(11)5-3-6-19-16/h3,5-6,9-10,14,23H,4,7-8H2,1-2H3,(H,19,20)/b13-9-,21-17?. The van der Waals surface area contributed by atoms with Crippen molar-refractivity contribution in [1.82, 2.24) is 15.0 Å². The van der Waals surface area contributed by atoms with Gasteiger partial charge >= 0.3 is 5.97 Å². The molecule has 3 rings (SSSR count). The number of nitrogens with zero attached hydrogens (tertiary/aromatic N) is 3. The molecule has 0 aliphatic carbocycles. The summed E-state index contributed by atoms with van der Waals surface area (Å²) in [5.41, 5.74) is 1.39. The average molecular weight is 372 g/mol. The lowest BCUT2D eigenvalue weighted by Gasteiger charge is -2.10. The second kappa shape index (κ2) is 8.00. The largest absolute Gasteiger partial charge is 0.465 e. The van der Waals surface area contributed by atoms with E-state index < -0.39 is 17.7 Å². The summed E-state index contributed by atoms with van der Waals surface area (Å²) in [6.45, 7) is -0.0949. The van der Waals surface area contributed by atoms with E-state index in [2.05, 4.69) is 15.1 Å². The number of aliphatic hydroxyl groups is 1. The maximum atomic E-state index is 12.8. The molecular weight excluding hydrogens is 352 g/mol. The minimum atomic E-state index is -1.26. The summed E-state index contributed by atoms with van der Waals surface area (Å²) >= 11 is 0. The number of hydrogen-bond donors (Lipinski definition) is 2. The summed E-state index contributed by atoms with van der Waals surface area (Å²) in [5.74, 6) is -2.57. The minimum absolute atomic E-state index is 0.00413. The monoisotopic (exact) mass is 372 g/mol. The first-order valence-electron chi connectivity index (χ1n) is 8.40. The van der Waals surface area contributed by atoms with Gasteiger partial charge in [-0.1, -0.05) is 0 Å². The maximum Gasteiger partial charge on any atom is 0.326 e. The minimum Gasteiger partial charge on any atom is -0.465 e. The van der Waals surface area contributed by atoms with Crippen LogP contribution >= 0.6 is 0 Å². The van der Waals surface area contributed by atoms with E-state index in [0.717, 1.165) is 5.39 Å². The third-order valence-electron chi connectivity index (χ3n) is 3.82. The Morgan fingerprint density at radius 2 is 2.33 bits per heavy atom. The molecule has 1 unspecified atom stereocenters. The van der Waals surface area contributed by atoms with Crippen molar-refractivity contribution in [3.8, 4) is 0 Å². The van der Waals surface area contributed by atoms with Crippen molar-refractivity contribution >= 4 is 34.8 Å². The molecular formula is C18H20N4O5. The summed E-state index contributed by atoms with van der Waals surface area (Å²) in [7, 11) is 3.31. The zero-order valence-corrected chi connectivity index (χ0v) is 15.0. The predicted molar refractivity (Wildman–Crippen MR) is 97.4 cm³/mol. The Balaban J connectivity index is 1.91. The van der Waals surface area contributed by atoms with Crippen LogP contribution in [0.5, 0.6) is 0 Å². The van der Waals surface area contributed by atoms with E-state index in [0.29, 0.717) is 17.6 Å². The van der Waals surface area contributed by atoms with Gasteiger partial charge in [0.2, 0.25) is 17.6 Å². The Labute approximate surface area is 155 Å². The van der Waals surface area contributed by atoms with E-state index in [9.17, 15) is 9.59 Å². The molecule has 27 heavy (non-hydrogen) atoms. The first-order valence-corrected chi connectivity index (χ1v) is 8.40. The molecule has 0 bridgehead atoms. The molecule has 9 nitrogen and oxygen atoms in total. The summed E-state index contributed by atoms with van der Waals surface area (Å²) in [5, 5.41) is 15.2. The van der Waals surface area contributed by atoms with E-state index in [1.165, 1.54) is 5.01 Å². The number of nitrogens with one attached hydrogen (secondary N) is 1. The number of aromatic amines is 1. The lowest BCUT2D eigenvalue weighted by molar-refractivity contribution is -0.148. The van der Waals surface area contributed by atoms with Crippen LogP contribution in [0.15, 0.2) is 35.4 Å². The molecule has 0 aromatic carbocycles. The molecule has 3 heterocycles. The molecule has 1 fully saturated rings. The van der Waals surface area contributed by atoms with E-state index in [-0.39, 0.29) is 24.9 Å². The van der Waals surface area contributed by atoms with Gasteiger partial charge in [-0.05, 0) is 18.2 Å². The lowest BCUT2D eigenvalue weighted by atomic mass is 10.0. The fourth-order valence-electron chi connectivity index (χ4n) is 2.62. The third-order valence-corrected chi connectivity index (χ3v) is 3.82. The van der Waals surface area contributed by atoms with Crippen LogP contribution in [0.25, 0.3) is 17.1 Å². The fourth-order valence-corrected chi connectivity index (χ4v) is 2.62. The predicted octanol–water partition coefficient (Wildman–Crippen LogP) is 0.920. The van der Waals surface area contributed by atoms with E-state index in [1.807, 2.05) is 6.07 Å². The van der Waals surface area contributed by atoms with Crippen molar-refractivity contribution in [3.63, 3.8) is 0 Å². The molecule has 1 aliphatic heterocycles. The maximum absolute atomic E-state index is 12.8. The highest BCUT2D eigenvalue weighted by Crippen LogP contribution is 2.27. The number of carbonyl (C=O) groups excluding carboxylic acids is 2. The highest BCUT2D eigenvalue weighted by atomic mass is 16.5. The average Bonchev–Trinajstić information content (AvgIpc) is 3.17. The zero-order valence-electron chi connectivity index (χ0n) is 15.0. The molecule has 1 aliphatic rings. The third kappa shape index (κ3) is 3.98. The van der Waals surface area contributed by atoms with Crippen molar-refractivity contribution in [2.24, 2.45) is 11.0 Å². The Morgan fingerprint density at radius 1 is 1.52 bits per heavy atom. The Kier molecular flexibility index (Phi) is 5.51. The van der Waals surface area contributed by atoms with Gasteiger partial charge in [0, 0.05) is 50.5 Å². The number of pyridine rings is 1. The van der Waals surface area contributed by atoms with Gasteiger partial charge in [-0.3, -0.25) is 14.6 Å². The number of ether oxygens (including phenoxy) is 2. The Hall–Kier alpha value is -3.20. The molecule has 9 heteroatoms. The SMILES string of the molecule is CN(C)N=C1O/C(=C\c2c[nH]c3ncccc23)C(=O)C1C(=O)OCCCO. The number of ketones is 1. The van der Waals surface area contributed by atoms with Gasteiger partial charge in [0.05, 0.1) is 6.61 Å². The molecule has 0 radical (unpaired) electrons. The number of aromatic nitrogens is 2. The van der Waals surface area contributed by atoms with Crippen LogP contribution in [-0.2, 0) is 19.1 Å². The van der Waals surface area contributed by atoms with Gasteiger partial charge in [0.1, 0.15) is 5.65 Å². The summed E-state index contributed by atoms with van der Waals surface area (Å²) in [6.07, 6.45) is 5.21. The first-order chi connectivity index (χ1) is 13.0. The van der Waals surface area contributed by atoms with Crippen molar-refractivity contribution in [1.29, 1.82) is 0 Å². The van der Waals surface area contributed by atoms with Gasteiger partial charge < -0.3 is 19.6 Å². The second-order valence-electron chi connectivity index (χ2n) is 6.08. The van der Waals surface area contributed by atoms with Crippen molar-refractivity contribution < 1.29 is 24.2 Å². The highest BCUT2D eigenvalue weighted by molar-refractivity contribution is 6.27. The van der Waals surface area contributed by atoms with Crippen molar-refractivity contribution in [3.05, 3.63) is 35.8 Å². The van der Waals surface area contributed by atoms with Gasteiger partial charge in [0.25, 0.3) is 0 Å². The van der Waals surface area contributed by atoms with E-state index >= 15 is 0 Å². The van der Waals surface area contributed by atoms with E-state index in [1.54, 1.807) is 38.6 Å². The normalized spacial score (nSPS) is 19.7. The number of hydrogen-bond acceptors (Lipinski definition) is 8. The van der Waals surface area contributed by atoms with Gasteiger partial charge in [-0.25, -0.2) is 4.98 Å². The number of H-pyrrole nitrogens is 1. The molecule has 0 saturated carbocycles. The quantitative estimate of drug-likeness (QED) is 0.255. The zero-order chi connectivity index (χ0) is 19.4. The number of Topliss-reactive ketones (excluding diaryl/α,β-unsaturated/α-hetero) is 1. The number of allylic oxidation sites excluding steroid dienone is 1. The summed E-state index contributed by atoms with van der Waals surface area (Å²) in [6, 6.07) is 3.65. The Morgan fingerprint density at radius 3 is 3.07 bits per heavy atom. The summed E-state index contributed by atoms with van der Waals surface area (Å²) < 4.78 is 10.6. The van der Waals surface area contributed by atoms with Gasteiger partial charge in [0.15, 0.2) is 5.76 Å². The molecule has 2 aromatic heterocycles. The fraction of sp³-hybridized carbons (Fsp3) is 0.333. The van der Waals surface area contributed by atoms with Crippen LogP contribution in [0, 0.1) is 5.92 Å². The molecule has 2 aromatic rings. The van der Waals surface area contributed by atoms with Crippen LogP contribution in [0.4, 0.5) is 0 Å². The van der Waals surface area contributed by atoms with Crippen LogP contribution in [-0.4, -0.2) is 65.0 Å². The number of aliphatic hydroxyl groups excluding tert-OH is 1. The van der Waals surface area contributed by atoms with Crippen LogP contribution in [0.3, 0.4) is 0 Å². The lowest BCUT2D eigenvalue weighted by Crippen LogP contribution is -2.29. The highest BCUT2D eigenvalue weighted by Gasteiger charge is 2.45. The summed E-state index contributed by atoms with van der Waals surface area (Å²) in [4.78, 5) is 32.3. The van der Waals surface area contributed by atoms with E-state index in [4.69, 9.17) is 14.6 Å². The number of esters is 1. The van der Waals surface area contributed by atoms with Crippen molar-refractivity contribution in [2.45, 2.75) is 6.42 Å². The molecule has 1 saturated heterocycles. The van der Waals surface area contributed by atoms with Crippen LogP contribution in [0.1, 0.15) is 12.0 Å². The van der Waals surface area contributed by atoms with Gasteiger partial charge in [-0.15, -0.1) is 5.10 Å². The molecule has 2 N–H and O–H groups in total. The van der Waals surface area contributed by atoms with Crippen LogP contribution < -0.4 is 0 Å². The second-order valence-corrected chi connectivity index (χ2v) is 6.08.